The van der Waals surface area contributed by atoms with Crippen molar-refractivity contribution in [3.63, 3.8) is 0 Å². The molecule has 0 radical (unpaired) electrons. The Balaban J connectivity index is 1.92. The molecule has 6 heteroatoms. The van der Waals surface area contributed by atoms with Crippen LogP contribution < -0.4 is 5.32 Å². The maximum atomic E-state index is 12.7. The van der Waals surface area contributed by atoms with Crippen LogP contribution in [0.15, 0.2) is 24.8 Å². The summed E-state index contributed by atoms with van der Waals surface area (Å²) in [5.41, 5.74) is 1.40. The van der Waals surface area contributed by atoms with Crippen molar-refractivity contribution < 1.29 is 4.79 Å². The van der Waals surface area contributed by atoms with Crippen LogP contribution in [0.25, 0.3) is 5.52 Å². The Morgan fingerprint density at radius 2 is 2.37 bits per heavy atom. The van der Waals surface area contributed by atoms with E-state index in [4.69, 9.17) is 0 Å². The van der Waals surface area contributed by atoms with Gasteiger partial charge in [-0.15, -0.1) is 0 Å². The fraction of sp³-hybridized carbons (Fsp3) is 0.462. The largest absolute Gasteiger partial charge is 0.333 e. The summed E-state index contributed by atoms with van der Waals surface area (Å²) in [4.78, 5) is 18.7. The van der Waals surface area contributed by atoms with Crippen molar-refractivity contribution >= 4 is 11.4 Å². The van der Waals surface area contributed by atoms with Gasteiger partial charge in [0.25, 0.3) is 5.91 Å². The average molecular weight is 259 g/mol. The van der Waals surface area contributed by atoms with Crippen LogP contribution in [0.2, 0.25) is 0 Å². The van der Waals surface area contributed by atoms with Crippen LogP contribution >= 0.6 is 0 Å². The highest BCUT2D eigenvalue weighted by atomic mass is 16.2. The first-order valence-electron chi connectivity index (χ1n) is 6.60. The summed E-state index contributed by atoms with van der Waals surface area (Å²) in [7, 11) is 0. The zero-order valence-corrected chi connectivity index (χ0v) is 10.9. The van der Waals surface area contributed by atoms with E-state index in [2.05, 4.69) is 22.3 Å². The quantitative estimate of drug-likeness (QED) is 0.871. The predicted octanol–water partition coefficient (Wildman–Crippen LogP) is 0.553. The van der Waals surface area contributed by atoms with Crippen molar-refractivity contribution in [2.75, 3.05) is 19.6 Å². The normalized spacial score (nSPS) is 15.4. The summed E-state index contributed by atoms with van der Waals surface area (Å²) in [5.74, 6) is 0.0522. The van der Waals surface area contributed by atoms with E-state index in [0.717, 1.165) is 31.6 Å². The minimum Gasteiger partial charge on any atom is -0.333 e. The maximum Gasteiger partial charge on any atom is 0.258 e. The lowest BCUT2D eigenvalue weighted by atomic mass is 10.1. The maximum absolute atomic E-state index is 12.7. The van der Waals surface area contributed by atoms with Gasteiger partial charge in [0.05, 0.1) is 29.5 Å². The summed E-state index contributed by atoms with van der Waals surface area (Å²) in [6, 6.07) is 0.305. The Bertz CT molecular complexity index is 589. The molecule has 6 nitrogen and oxygen atoms in total. The number of hydrogen-bond acceptors (Lipinski definition) is 4. The first kappa shape index (κ1) is 12.1. The highest BCUT2D eigenvalue weighted by Gasteiger charge is 2.29. The minimum atomic E-state index is 0.0522. The molecule has 0 aromatic carbocycles. The van der Waals surface area contributed by atoms with E-state index in [1.165, 1.54) is 0 Å². The van der Waals surface area contributed by atoms with Gasteiger partial charge in [-0.3, -0.25) is 9.78 Å². The van der Waals surface area contributed by atoms with E-state index in [1.807, 2.05) is 4.90 Å². The SMILES string of the molecule is CCCN(C(=O)c1cnn2ccncc12)C1CNC1. The van der Waals surface area contributed by atoms with Gasteiger partial charge in [-0.05, 0) is 6.42 Å². The van der Waals surface area contributed by atoms with E-state index in [1.54, 1.807) is 29.3 Å². The number of aromatic nitrogens is 3. The number of hydrogen-bond donors (Lipinski definition) is 1. The molecule has 1 N–H and O–H groups in total. The molecule has 1 aliphatic rings. The van der Waals surface area contributed by atoms with Crippen LogP contribution in [-0.4, -0.2) is 51.1 Å². The monoisotopic (exact) mass is 259 g/mol. The number of fused-ring (bicyclic) bond motifs is 1. The third-order valence-corrected chi connectivity index (χ3v) is 3.48. The summed E-state index contributed by atoms with van der Waals surface area (Å²) in [6.07, 6.45) is 7.69. The van der Waals surface area contributed by atoms with Gasteiger partial charge in [0.1, 0.15) is 0 Å². The second-order valence-corrected chi connectivity index (χ2v) is 4.77. The van der Waals surface area contributed by atoms with Crippen molar-refractivity contribution in [2.24, 2.45) is 0 Å². The smallest absolute Gasteiger partial charge is 0.258 e. The van der Waals surface area contributed by atoms with Crippen LogP contribution in [0.4, 0.5) is 0 Å². The van der Waals surface area contributed by atoms with Crippen molar-refractivity contribution in [1.29, 1.82) is 0 Å². The molecule has 1 saturated heterocycles. The average Bonchev–Trinajstić information content (AvgIpc) is 2.79. The minimum absolute atomic E-state index is 0.0522. The molecule has 1 amide bonds. The van der Waals surface area contributed by atoms with Gasteiger partial charge in [0, 0.05) is 32.0 Å². The third-order valence-electron chi connectivity index (χ3n) is 3.48. The number of carbonyl (C=O) groups is 1. The Labute approximate surface area is 111 Å². The van der Waals surface area contributed by atoms with Crippen molar-refractivity contribution in [1.82, 2.24) is 24.8 Å². The zero-order chi connectivity index (χ0) is 13.2. The number of rotatable bonds is 4. The standard InChI is InChI=1S/C13H17N5O/c1-2-4-17(10-6-15-7-10)13(19)11-8-16-18-5-3-14-9-12(11)18/h3,5,8-10,15H,2,4,6-7H2,1H3. The number of carbonyl (C=O) groups excluding carboxylic acids is 1. The molecule has 0 bridgehead atoms. The lowest BCUT2D eigenvalue weighted by Gasteiger charge is -2.38. The van der Waals surface area contributed by atoms with Crippen molar-refractivity contribution in [3.05, 3.63) is 30.4 Å². The molecule has 3 rings (SSSR count). The topological polar surface area (TPSA) is 62.5 Å². The molecule has 0 saturated carbocycles. The first-order chi connectivity index (χ1) is 9.31. The van der Waals surface area contributed by atoms with Gasteiger partial charge in [0.15, 0.2) is 0 Å². The van der Waals surface area contributed by atoms with E-state index >= 15 is 0 Å². The molecule has 0 spiro atoms. The Hall–Kier alpha value is -1.95. The molecule has 2 aromatic rings. The zero-order valence-electron chi connectivity index (χ0n) is 10.9. The van der Waals surface area contributed by atoms with E-state index < -0.39 is 0 Å². The molecule has 1 aliphatic heterocycles. The molecule has 19 heavy (non-hydrogen) atoms. The Morgan fingerprint density at radius 3 is 3.05 bits per heavy atom. The van der Waals surface area contributed by atoms with Gasteiger partial charge >= 0.3 is 0 Å². The molecular formula is C13H17N5O. The number of nitrogens with one attached hydrogen (secondary N) is 1. The van der Waals surface area contributed by atoms with Crippen LogP contribution in [0.3, 0.4) is 0 Å². The van der Waals surface area contributed by atoms with Crippen molar-refractivity contribution in [2.45, 2.75) is 19.4 Å². The molecule has 100 valence electrons. The summed E-state index contributed by atoms with van der Waals surface area (Å²) in [6.45, 7) is 4.62. The van der Waals surface area contributed by atoms with E-state index in [0.29, 0.717) is 11.6 Å². The lowest BCUT2D eigenvalue weighted by Crippen LogP contribution is -2.59. The lowest BCUT2D eigenvalue weighted by molar-refractivity contribution is 0.0618. The van der Waals surface area contributed by atoms with Gasteiger partial charge in [-0.2, -0.15) is 5.10 Å². The van der Waals surface area contributed by atoms with Gasteiger partial charge in [-0.25, -0.2) is 4.52 Å². The van der Waals surface area contributed by atoms with Crippen LogP contribution in [0.5, 0.6) is 0 Å². The first-order valence-corrected chi connectivity index (χ1v) is 6.60. The highest BCUT2D eigenvalue weighted by molar-refractivity contribution is 6.00. The van der Waals surface area contributed by atoms with Crippen molar-refractivity contribution in [3.8, 4) is 0 Å². The molecule has 2 aromatic heterocycles. The van der Waals surface area contributed by atoms with Gasteiger partial charge in [-0.1, -0.05) is 6.92 Å². The van der Waals surface area contributed by atoms with Gasteiger partial charge < -0.3 is 10.2 Å². The Kier molecular flexibility index (Phi) is 3.16. The fourth-order valence-corrected chi connectivity index (χ4v) is 2.34. The summed E-state index contributed by atoms with van der Waals surface area (Å²) in [5, 5.41) is 7.41. The molecular weight excluding hydrogens is 242 g/mol. The Morgan fingerprint density at radius 1 is 1.53 bits per heavy atom. The summed E-state index contributed by atoms with van der Waals surface area (Å²) >= 11 is 0. The van der Waals surface area contributed by atoms with E-state index in [-0.39, 0.29) is 5.91 Å². The molecule has 3 heterocycles. The highest BCUT2D eigenvalue weighted by Crippen LogP contribution is 2.16. The van der Waals surface area contributed by atoms with E-state index in [9.17, 15) is 4.79 Å². The molecule has 0 atom stereocenters. The molecule has 0 unspecified atom stereocenters. The summed E-state index contributed by atoms with van der Waals surface area (Å²) < 4.78 is 1.68. The molecule has 1 fully saturated rings. The number of amides is 1. The second kappa shape index (κ2) is 4.97. The third kappa shape index (κ3) is 2.08. The van der Waals surface area contributed by atoms with Crippen LogP contribution in [-0.2, 0) is 0 Å². The van der Waals surface area contributed by atoms with Crippen LogP contribution in [0, 0.1) is 0 Å². The second-order valence-electron chi connectivity index (χ2n) is 4.77. The van der Waals surface area contributed by atoms with Crippen LogP contribution in [0.1, 0.15) is 23.7 Å². The predicted molar refractivity (Wildman–Crippen MR) is 71.0 cm³/mol. The molecule has 0 aliphatic carbocycles. The number of nitrogens with zero attached hydrogens (tertiary/aromatic N) is 4. The van der Waals surface area contributed by atoms with Gasteiger partial charge in [0.2, 0.25) is 0 Å². The fourth-order valence-electron chi connectivity index (χ4n) is 2.34.